The van der Waals surface area contributed by atoms with Crippen molar-refractivity contribution < 1.29 is 4.39 Å². The standard InChI is InChI=1S/C20H33FP/c1-4-7-15-22(16-8-5-2,17-9-6-3)18-14-19-10-12-20(21)13-11-19/h10-14,18H,4-9,15-17H2,1-3H3/q+1/b18-14+. The Bertz CT molecular complexity index is 400. The van der Waals surface area contributed by atoms with E-state index in [0.717, 1.165) is 5.56 Å². The summed E-state index contributed by atoms with van der Waals surface area (Å²) in [6.07, 6.45) is 14.3. The predicted molar refractivity (Wildman–Crippen MR) is 102 cm³/mol. The van der Waals surface area contributed by atoms with Gasteiger partial charge in [0.15, 0.2) is 0 Å². The van der Waals surface area contributed by atoms with Crippen molar-refractivity contribution in [2.24, 2.45) is 0 Å². The van der Waals surface area contributed by atoms with Gasteiger partial charge in [-0.1, -0.05) is 52.2 Å². The lowest BCUT2D eigenvalue weighted by Gasteiger charge is -2.24. The van der Waals surface area contributed by atoms with Crippen LogP contribution in [-0.4, -0.2) is 18.5 Å². The Morgan fingerprint density at radius 1 is 0.818 bits per heavy atom. The van der Waals surface area contributed by atoms with Crippen LogP contribution in [0.5, 0.6) is 0 Å². The lowest BCUT2D eigenvalue weighted by Crippen LogP contribution is -2.06. The zero-order valence-electron chi connectivity index (χ0n) is 14.7. The monoisotopic (exact) mass is 323 g/mol. The van der Waals surface area contributed by atoms with Crippen LogP contribution in [-0.2, 0) is 0 Å². The van der Waals surface area contributed by atoms with Crippen molar-refractivity contribution in [3.8, 4) is 0 Å². The molecule has 0 atom stereocenters. The molecule has 22 heavy (non-hydrogen) atoms. The van der Waals surface area contributed by atoms with Crippen molar-refractivity contribution in [2.75, 3.05) is 18.5 Å². The fourth-order valence-electron chi connectivity index (χ4n) is 2.80. The quantitative estimate of drug-likeness (QED) is 0.377. The molecular formula is C20H33FP+. The molecule has 0 heterocycles. The molecule has 0 aliphatic carbocycles. The number of hydrogen-bond donors (Lipinski definition) is 0. The molecule has 0 spiro atoms. The van der Waals surface area contributed by atoms with Gasteiger partial charge in [0.2, 0.25) is 0 Å². The van der Waals surface area contributed by atoms with Crippen LogP contribution in [0.15, 0.2) is 30.1 Å². The second kappa shape index (κ2) is 10.9. The average molecular weight is 323 g/mol. The molecule has 0 aliphatic rings. The summed E-state index contributed by atoms with van der Waals surface area (Å²) in [6, 6.07) is 6.90. The smallest absolute Gasteiger partial charge is 0.123 e. The van der Waals surface area contributed by atoms with Crippen molar-refractivity contribution in [1.29, 1.82) is 0 Å². The average Bonchev–Trinajstić information content (AvgIpc) is 2.55. The minimum Gasteiger partial charge on any atom is -0.207 e. The highest BCUT2D eigenvalue weighted by atomic mass is 31.2. The van der Waals surface area contributed by atoms with E-state index in [-0.39, 0.29) is 5.82 Å². The van der Waals surface area contributed by atoms with E-state index in [1.165, 1.54) is 57.0 Å². The van der Waals surface area contributed by atoms with Gasteiger partial charge in [-0.3, -0.25) is 0 Å². The summed E-state index contributed by atoms with van der Waals surface area (Å²) < 4.78 is 13.0. The largest absolute Gasteiger partial charge is 0.207 e. The second-order valence-corrected chi connectivity index (χ2v) is 10.4. The van der Waals surface area contributed by atoms with E-state index >= 15 is 0 Å². The third kappa shape index (κ3) is 7.05. The Kier molecular flexibility index (Phi) is 9.64. The van der Waals surface area contributed by atoms with Crippen LogP contribution in [0.25, 0.3) is 6.08 Å². The van der Waals surface area contributed by atoms with Crippen LogP contribution in [0.2, 0.25) is 0 Å². The van der Waals surface area contributed by atoms with Crippen molar-refractivity contribution in [2.45, 2.75) is 59.3 Å². The molecule has 1 aromatic carbocycles. The molecule has 1 aromatic rings. The maximum absolute atomic E-state index is 13.0. The first-order valence-corrected chi connectivity index (χ1v) is 11.4. The maximum Gasteiger partial charge on any atom is 0.123 e. The molecule has 0 bridgehead atoms. The number of unbranched alkanes of at least 4 members (excludes halogenated alkanes) is 3. The molecule has 0 aliphatic heterocycles. The van der Waals surface area contributed by atoms with Crippen LogP contribution in [0.3, 0.4) is 0 Å². The number of benzene rings is 1. The van der Waals surface area contributed by atoms with Gasteiger partial charge in [0.05, 0.1) is 24.3 Å². The topological polar surface area (TPSA) is 0 Å². The van der Waals surface area contributed by atoms with Crippen molar-refractivity contribution in [3.05, 3.63) is 41.5 Å². The molecule has 0 saturated carbocycles. The van der Waals surface area contributed by atoms with Gasteiger partial charge in [-0.05, 0) is 43.0 Å². The Labute approximate surface area is 137 Å². The van der Waals surface area contributed by atoms with Gasteiger partial charge in [0, 0.05) is 7.26 Å². The normalized spacial score (nSPS) is 12.2. The van der Waals surface area contributed by atoms with E-state index in [4.69, 9.17) is 0 Å². The van der Waals surface area contributed by atoms with Crippen LogP contribution < -0.4 is 0 Å². The van der Waals surface area contributed by atoms with Gasteiger partial charge in [0.1, 0.15) is 5.82 Å². The van der Waals surface area contributed by atoms with Gasteiger partial charge in [-0.25, -0.2) is 4.39 Å². The molecule has 0 aromatic heterocycles. The minimum atomic E-state index is -0.997. The summed E-state index contributed by atoms with van der Waals surface area (Å²) in [5.74, 6) is 2.39. The third-order valence-corrected chi connectivity index (χ3v) is 8.73. The molecule has 0 radical (unpaired) electrons. The van der Waals surface area contributed by atoms with E-state index in [1.807, 2.05) is 12.1 Å². The molecule has 124 valence electrons. The molecule has 0 fully saturated rings. The van der Waals surface area contributed by atoms with Gasteiger partial charge in [-0.15, -0.1) is 0 Å². The molecule has 0 saturated heterocycles. The molecule has 2 heteroatoms. The Morgan fingerprint density at radius 2 is 1.27 bits per heavy atom. The fraction of sp³-hybridized carbons (Fsp3) is 0.600. The van der Waals surface area contributed by atoms with Gasteiger partial charge in [-0.2, -0.15) is 0 Å². The van der Waals surface area contributed by atoms with E-state index in [1.54, 1.807) is 12.1 Å². The van der Waals surface area contributed by atoms with Crippen LogP contribution >= 0.6 is 7.26 Å². The first kappa shape index (κ1) is 19.4. The minimum absolute atomic E-state index is 0.152. The maximum atomic E-state index is 13.0. The van der Waals surface area contributed by atoms with Crippen molar-refractivity contribution >= 4 is 13.3 Å². The van der Waals surface area contributed by atoms with E-state index < -0.39 is 7.26 Å². The van der Waals surface area contributed by atoms with Crippen molar-refractivity contribution in [3.63, 3.8) is 0 Å². The Balaban J connectivity index is 2.90. The van der Waals surface area contributed by atoms with E-state index in [0.29, 0.717) is 0 Å². The zero-order valence-corrected chi connectivity index (χ0v) is 15.5. The highest BCUT2D eigenvalue weighted by molar-refractivity contribution is 7.78. The number of halogens is 1. The molecule has 0 N–H and O–H groups in total. The Hall–Kier alpha value is -0.680. The van der Waals surface area contributed by atoms with Gasteiger partial charge < -0.3 is 0 Å². The van der Waals surface area contributed by atoms with Crippen LogP contribution in [0.4, 0.5) is 4.39 Å². The van der Waals surface area contributed by atoms with E-state index in [2.05, 4.69) is 32.7 Å². The van der Waals surface area contributed by atoms with E-state index in [9.17, 15) is 4.39 Å². The molecule has 0 amide bonds. The van der Waals surface area contributed by atoms with Crippen LogP contribution in [0, 0.1) is 5.82 Å². The van der Waals surface area contributed by atoms with Gasteiger partial charge >= 0.3 is 0 Å². The summed E-state index contributed by atoms with van der Waals surface area (Å²) in [5, 5.41) is 0. The molecule has 0 unspecified atom stereocenters. The van der Waals surface area contributed by atoms with Crippen molar-refractivity contribution in [1.82, 2.24) is 0 Å². The molecule has 0 nitrogen and oxygen atoms in total. The number of hydrogen-bond acceptors (Lipinski definition) is 0. The summed E-state index contributed by atoms with van der Waals surface area (Å²) in [5.41, 5.74) is 1.13. The summed E-state index contributed by atoms with van der Waals surface area (Å²) in [7, 11) is -0.997. The summed E-state index contributed by atoms with van der Waals surface area (Å²) in [6.45, 7) is 6.87. The fourth-order valence-corrected chi connectivity index (χ4v) is 7.24. The summed E-state index contributed by atoms with van der Waals surface area (Å²) >= 11 is 0. The highest BCUT2D eigenvalue weighted by Gasteiger charge is 2.32. The zero-order chi connectivity index (χ0) is 16.3. The highest BCUT2D eigenvalue weighted by Crippen LogP contribution is 2.62. The molecular weight excluding hydrogens is 290 g/mol. The first-order chi connectivity index (χ1) is 10.7. The Morgan fingerprint density at radius 3 is 1.68 bits per heavy atom. The van der Waals surface area contributed by atoms with Crippen LogP contribution in [0.1, 0.15) is 64.9 Å². The third-order valence-electron chi connectivity index (χ3n) is 4.32. The summed E-state index contributed by atoms with van der Waals surface area (Å²) in [4.78, 5) is 0. The first-order valence-electron chi connectivity index (χ1n) is 8.96. The second-order valence-electron chi connectivity index (χ2n) is 6.32. The predicted octanol–water partition coefficient (Wildman–Crippen LogP) is 7.21. The lowest BCUT2D eigenvalue weighted by molar-refractivity contribution is 0.628. The number of rotatable bonds is 11. The SMILES string of the molecule is CCCC[P+](/C=C/c1ccc(F)cc1)(CCCC)CCCC. The lowest BCUT2D eigenvalue weighted by atomic mass is 10.2. The molecule has 1 rings (SSSR count). The van der Waals surface area contributed by atoms with Gasteiger partial charge in [0.25, 0.3) is 0 Å².